The number of morpholine rings is 1. The molecule has 31 heavy (non-hydrogen) atoms. The normalized spacial score (nSPS) is 28.8. The number of carbonyl (C=O) groups excluding carboxylic acids is 1. The van der Waals surface area contributed by atoms with E-state index in [-0.39, 0.29) is 28.9 Å². The lowest BCUT2D eigenvalue weighted by Gasteiger charge is -2.34. The molecular formula is C24H27NO5S. The molecule has 2 aromatic rings. The van der Waals surface area contributed by atoms with Gasteiger partial charge in [-0.15, -0.1) is 0 Å². The number of rotatable bonds is 6. The largest absolute Gasteiger partial charge is 0.379 e. The van der Waals surface area contributed by atoms with Gasteiger partial charge in [0.05, 0.1) is 35.7 Å². The fraction of sp³-hybridized carbons (Fsp3) is 0.458. The highest BCUT2D eigenvalue weighted by Gasteiger charge is 2.55. The average Bonchev–Trinajstić information content (AvgIpc) is 3.33. The van der Waals surface area contributed by atoms with Gasteiger partial charge in [0.2, 0.25) is 9.84 Å². The molecule has 5 rings (SSSR count). The molecule has 2 aliphatic carbocycles. The van der Waals surface area contributed by atoms with Crippen LogP contribution in [0.4, 0.5) is 0 Å². The Balaban J connectivity index is 1.23. The molecule has 2 aromatic carbocycles. The minimum atomic E-state index is -3.51. The molecule has 4 unspecified atom stereocenters. The van der Waals surface area contributed by atoms with E-state index < -0.39 is 9.84 Å². The first-order chi connectivity index (χ1) is 15.0. The van der Waals surface area contributed by atoms with Crippen LogP contribution in [0.2, 0.25) is 0 Å². The smallest absolute Gasteiger partial charge is 0.206 e. The van der Waals surface area contributed by atoms with Crippen LogP contribution in [0.5, 0.6) is 0 Å². The molecule has 0 N–H and O–H groups in total. The summed E-state index contributed by atoms with van der Waals surface area (Å²) in [7, 11) is -3.51. The Morgan fingerprint density at radius 1 is 0.968 bits per heavy atom. The van der Waals surface area contributed by atoms with Gasteiger partial charge in [-0.05, 0) is 36.2 Å². The summed E-state index contributed by atoms with van der Waals surface area (Å²) in [5.41, 5.74) is 0.934. The molecule has 4 atom stereocenters. The van der Waals surface area contributed by atoms with E-state index in [4.69, 9.17) is 9.47 Å². The fourth-order valence-corrected chi connectivity index (χ4v) is 6.62. The number of nitrogens with zero attached hydrogens (tertiary/aromatic N) is 1. The first-order valence-electron chi connectivity index (χ1n) is 10.9. The van der Waals surface area contributed by atoms with Crippen LogP contribution in [-0.2, 0) is 30.7 Å². The van der Waals surface area contributed by atoms with Crippen molar-refractivity contribution in [2.75, 3.05) is 26.3 Å². The fourth-order valence-electron chi connectivity index (χ4n) is 5.34. The molecule has 1 heterocycles. The van der Waals surface area contributed by atoms with Crippen LogP contribution in [0.25, 0.3) is 0 Å². The summed E-state index contributed by atoms with van der Waals surface area (Å²) >= 11 is 0. The second kappa shape index (κ2) is 8.47. The summed E-state index contributed by atoms with van der Waals surface area (Å²) < 4.78 is 37.2. The molecule has 2 bridgehead atoms. The van der Waals surface area contributed by atoms with E-state index in [9.17, 15) is 13.2 Å². The zero-order chi connectivity index (χ0) is 21.4. The van der Waals surface area contributed by atoms with Gasteiger partial charge >= 0.3 is 0 Å². The number of Topliss-reactive ketones (excluding diaryl/α,β-unsaturated/α-hetero) is 1. The van der Waals surface area contributed by atoms with Crippen molar-refractivity contribution in [3.8, 4) is 0 Å². The van der Waals surface area contributed by atoms with E-state index in [2.05, 4.69) is 4.90 Å². The summed E-state index contributed by atoms with van der Waals surface area (Å²) in [5, 5.41) is 0. The second-order valence-corrected chi connectivity index (χ2v) is 10.6. The quantitative estimate of drug-likeness (QED) is 0.686. The molecule has 0 spiro atoms. The maximum absolute atomic E-state index is 12.7. The number of benzene rings is 2. The highest BCUT2D eigenvalue weighted by atomic mass is 32.2. The first-order valence-corrected chi connectivity index (χ1v) is 12.4. The molecule has 164 valence electrons. The molecule has 3 aliphatic rings. The van der Waals surface area contributed by atoms with Crippen molar-refractivity contribution < 1.29 is 22.7 Å². The van der Waals surface area contributed by atoms with Crippen LogP contribution in [-0.4, -0.2) is 57.6 Å². The van der Waals surface area contributed by atoms with E-state index in [0.717, 1.165) is 38.3 Å². The maximum atomic E-state index is 12.7. The molecule has 1 saturated heterocycles. The van der Waals surface area contributed by atoms with Crippen molar-refractivity contribution in [3.05, 3.63) is 60.2 Å². The van der Waals surface area contributed by atoms with E-state index in [1.54, 1.807) is 42.5 Å². The average molecular weight is 442 g/mol. The summed E-state index contributed by atoms with van der Waals surface area (Å²) in [6, 6.07) is 15.6. The molecule has 3 fully saturated rings. The van der Waals surface area contributed by atoms with Gasteiger partial charge in [0.15, 0.2) is 0 Å². The number of ether oxygens (including phenoxy) is 2. The predicted molar refractivity (Wildman–Crippen MR) is 114 cm³/mol. The van der Waals surface area contributed by atoms with Crippen molar-refractivity contribution in [2.45, 2.75) is 41.4 Å². The summed E-state index contributed by atoms with van der Waals surface area (Å²) in [6.07, 6.45) is 1.46. The molecule has 0 aromatic heterocycles. The Morgan fingerprint density at radius 2 is 1.65 bits per heavy atom. The number of hydrogen-bond donors (Lipinski definition) is 0. The Kier molecular flexibility index (Phi) is 5.69. The van der Waals surface area contributed by atoms with Gasteiger partial charge in [-0.25, -0.2) is 8.42 Å². The number of ketones is 1. The van der Waals surface area contributed by atoms with Crippen LogP contribution in [0, 0.1) is 11.8 Å². The lowest BCUT2D eigenvalue weighted by Crippen LogP contribution is -2.46. The van der Waals surface area contributed by atoms with Crippen molar-refractivity contribution in [1.29, 1.82) is 0 Å². The Morgan fingerprint density at radius 3 is 2.35 bits per heavy atom. The van der Waals surface area contributed by atoms with Crippen molar-refractivity contribution >= 4 is 15.6 Å². The van der Waals surface area contributed by atoms with Gasteiger partial charge < -0.3 is 9.47 Å². The molecular weight excluding hydrogens is 414 g/mol. The van der Waals surface area contributed by atoms with Crippen molar-refractivity contribution in [2.24, 2.45) is 11.8 Å². The summed E-state index contributed by atoms with van der Waals surface area (Å²) in [6.45, 7) is 3.65. The van der Waals surface area contributed by atoms with E-state index in [1.165, 1.54) is 0 Å². The summed E-state index contributed by atoms with van der Waals surface area (Å²) in [4.78, 5) is 15.4. The highest BCUT2D eigenvalue weighted by Crippen LogP contribution is 2.47. The van der Waals surface area contributed by atoms with Crippen molar-refractivity contribution in [3.63, 3.8) is 0 Å². The Hall–Kier alpha value is -2.06. The van der Waals surface area contributed by atoms with Gasteiger partial charge in [0.25, 0.3) is 0 Å². The van der Waals surface area contributed by atoms with Crippen LogP contribution in [0.3, 0.4) is 0 Å². The zero-order valence-corrected chi connectivity index (χ0v) is 18.2. The van der Waals surface area contributed by atoms with Gasteiger partial charge in [-0.3, -0.25) is 9.69 Å². The van der Waals surface area contributed by atoms with Gasteiger partial charge in [-0.1, -0.05) is 30.3 Å². The lowest BCUT2D eigenvalue weighted by molar-refractivity contribution is -0.124. The van der Waals surface area contributed by atoms with E-state index in [1.807, 2.05) is 12.1 Å². The highest BCUT2D eigenvalue weighted by molar-refractivity contribution is 7.91. The van der Waals surface area contributed by atoms with Crippen molar-refractivity contribution in [1.82, 2.24) is 4.90 Å². The number of carbonyl (C=O) groups is 1. The van der Waals surface area contributed by atoms with Gasteiger partial charge in [-0.2, -0.15) is 0 Å². The number of fused-ring (bicyclic) bond motifs is 2. The summed E-state index contributed by atoms with van der Waals surface area (Å²) in [5.74, 6) is 0.691. The molecule has 7 heteroatoms. The monoisotopic (exact) mass is 441 g/mol. The Labute approximate surface area is 183 Å². The van der Waals surface area contributed by atoms with Crippen LogP contribution < -0.4 is 0 Å². The minimum Gasteiger partial charge on any atom is -0.379 e. The minimum absolute atomic E-state index is 0.0725. The maximum Gasteiger partial charge on any atom is 0.206 e. The lowest BCUT2D eigenvalue weighted by atomic mass is 9.96. The van der Waals surface area contributed by atoms with Gasteiger partial charge in [0, 0.05) is 37.4 Å². The molecule has 0 radical (unpaired) electrons. The third-order valence-electron chi connectivity index (χ3n) is 6.88. The third-order valence-corrected chi connectivity index (χ3v) is 8.67. The standard InChI is InChI=1S/C24H27NO5S/c26-22-14-21-23(15-20(22)24(21)25-10-12-29-13-11-25)30-16-17-6-8-19(9-7-17)31(27,28)18-4-2-1-3-5-18/h1-9,20-21,23-24H,10-16H2. The SMILES string of the molecule is O=C1CC2C(OCc3ccc(S(=O)(=O)c4ccccc4)cc3)CC1C2N1CCOCC1. The van der Waals surface area contributed by atoms with Gasteiger partial charge in [0.1, 0.15) is 5.78 Å². The number of hydrogen-bond acceptors (Lipinski definition) is 6. The molecule has 6 nitrogen and oxygen atoms in total. The van der Waals surface area contributed by atoms with Crippen LogP contribution >= 0.6 is 0 Å². The van der Waals surface area contributed by atoms with Crippen LogP contribution in [0.1, 0.15) is 18.4 Å². The first kappa shape index (κ1) is 20.8. The number of sulfone groups is 1. The van der Waals surface area contributed by atoms with E-state index in [0.29, 0.717) is 23.7 Å². The third kappa shape index (κ3) is 3.96. The van der Waals surface area contributed by atoms with Crippen LogP contribution in [0.15, 0.2) is 64.4 Å². The predicted octanol–water partition coefficient (Wildman–Crippen LogP) is 2.71. The van der Waals surface area contributed by atoms with E-state index >= 15 is 0 Å². The Bertz CT molecular complexity index is 1030. The zero-order valence-electron chi connectivity index (χ0n) is 17.4. The second-order valence-electron chi connectivity index (χ2n) is 8.63. The molecule has 1 aliphatic heterocycles. The topological polar surface area (TPSA) is 72.9 Å². The molecule has 0 amide bonds. The molecule has 2 saturated carbocycles.